The SMILES string of the molecule is CC(C)CC(Cl)OC(=O)OC(Cl)CC(C)C. The van der Waals surface area contributed by atoms with Gasteiger partial charge in [-0.25, -0.2) is 4.79 Å². The van der Waals surface area contributed by atoms with Crippen LogP contribution in [0.15, 0.2) is 0 Å². The molecule has 3 nitrogen and oxygen atoms in total. The molecular formula is C11H20Cl2O3. The average Bonchev–Trinajstić information content (AvgIpc) is 1.97. The molecule has 0 bridgehead atoms. The molecule has 0 N–H and O–H groups in total. The Balaban J connectivity index is 3.80. The Hall–Kier alpha value is -0.150. The van der Waals surface area contributed by atoms with E-state index in [2.05, 4.69) is 0 Å². The molecule has 0 aromatic carbocycles. The lowest BCUT2D eigenvalue weighted by Crippen LogP contribution is -2.20. The predicted octanol–water partition coefficient (Wildman–Crippen LogP) is 4.36. The number of rotatable bonds is 6. The van der Waals surface area contributed by atoms with Crippen molar-refractivity contribution >= 4 is 29.4 Å². The zero-order valence-corrected chi connectivity index (χ0v) is 11.7. The van der Waals surface area contributed by atoms with Crippen LogP contribution in [0.3, 0.4) is 0 Å². The van der Waals surface area contributed by atoms with Gasteiger partial charge < -0.3 is 9.47 Å². The standard InChI is InChI=1S/C11H20Cl2O3/c1-7(2)5-9(12)15-11(14)16-10(13)6-8(3)4/h7-10H,5-6H2,1-4H3. The number of hydrogen-bond acceptors (Lipinski definition) is 3. The summed E-state index contributed by atoms with van der Waals surface area (Å²) in [6, 6.07) is 0. The second kappa shape index (κ2) is 8.02. The van der Waals surface area contributed by atoms with E-state index in [1.807, 2.05) is 27.7 Å². The second-order valence-corrected chi connectivity index (χ2v) is 5.54. The molecule has 16 heavy (non-hydrogen) atoms. The van der Waals surface area contributed by atoms with E-state index in [0.717, 1.165) is 0 Å². The Morgan fingerprint density at radius 2 is 1.25 bits per heavy atom. The van der Waals surface area contributed by atoms with Gasteiger partial charge in [0.05, 0.1) is 0 Å². The number of ether oxygens (including phenoxy) is 2. The van der Waals surface area contributed by atoms with Crippen molar-refractivity contribution in [2.24, 2.45) is 11.8 Å². The predicted molar refractivity (Wildman–Crippen MR) is 65.8 cm³/mol. The van der Waals surface area contributed by atoms with E-state index in [-0.39, 0.29) is 0 Å². The minimum atomic E-state index is -0.804. The fraction of sp³-hybridized carbons (Fsp3) is 0.909. The number of hydrogen-bond donors (Lipinski definition) is 0. The van der Waals surface area contributed by atoms with Crippen molar-refractivity contribution in [3.8, 4) is 0 Å². The van der Waals surface area contributed by atoms with Gasteiger partial charge in [0.1, 0.15) is 0 Å². The third-order valence-corrected chi connectivity index (χ3v) is 2.30. The van der Waals surface area contributed by atoms with Gasteiger partial charge in [0.2, 0.25) is 0 Å². The summed E-state index contributed by atoms with van der Waals surface area (Å²) in [7, 11) is 0. The number of alkyl halides is 2. The van der Waals surface area contributed by atoms with Gasteiger partial charge in [0.15, 0.2) is 11.1 Å². The van der Waals surface area contributed by atoms with Crippen LogP contribution < -0.4 is 0 Å². The van der Waals surface area contributed by atoms with Gasteiger partial charge in [0, 0.05) is 12.8 Å². The van der Waals surface area contributed by atoms with E-state index >= 15 is 0 Å². The first-order valence-electron chi connectivity index (χ1n) is 5.46. The van der Waals surface area contributed by atoms with Crippen molar-refractivity contribution in [3.05, 3.63) is 0 Å². The summed E-state index contributed by atoms with van der Waals surface area (Å²) in [5.74, 6) is 0.718. The summed E-state index contributed by atoms with van der Waals surface area (Å²) in [4.78, 5) is 11.2. The Kier molecular flexibility index (Phi) is 7.94. The quantitative estimate of drug-likeness (QED) is 0.531. The van der Waals surface area contributed by atoms with Gasteiger partial charge >= 0.3 is 6.16 Å². The molecule has 0 fully saturated rings. The molecule has 0 rings (SSSR count). The van der Waals surface area contributed by atoms with Crippen LogP contribution in [0.25, 0.3) is 0 Å². The molecule has 0 aliphatic rings. The van der Waals surface area contributed by atoms with Crippen LogP contribution in [0.2, 0.25) is 0 Å². The van der Waals surface area contributed by atoms with Crippen LogP contribution in [-0.2, 0) is 9.47 Å². The molecule has 96 valence electrons. The summed E-state index contributed by atoms with van der Waals surface area (Å²) in [6.45, 7) is 7.97. The van der Waals surface area contributed by atoms with Crippen LogP contribution in [0.1, 0.15) is 40.5 Å². The lowest BCUT2D eigenvalue weighted by molar-refractivity contribution is 0.0287. The van der Waals surface area contributed by atoms with Crippen molar-refractivity contribution in [2.75, 3.05) is 0 Å². The Labute approximate surface area is 107 Å². The van der Waals surface area contributed by atoms with Gasteiger partial charge in [-0.05, 0) is 11.8 Å². The third-order valence-electron chi connectivity index (χ3n) is 1.76. The van der Waals surface area contributed by atoms with Crippen LogP contribution in [0.4, 0.5) is 4.79 Å². The number of carbonyl (C=O) groups is 1. The smallest absolute Gasteiger partial charge is 0.415 e. The van der Waals surface area contributed by atoms with E-state index in [1.54, 1.807) is 0 Å². The summed E-state index contributed by atoms with van der Waals surface area (Å²) < 4.78 is 9.67. The molecular weight excluding hydrogens is 251 g/mol. The molecule has 0 spiro atoms. The molecule has 0 saturated carbocycles. The number of halogens is 2. The van der Waals surface area contributed by atoms with E-state index < -0.39 is 17.3 Å². The highest BCUT2D eigenvalue weighted by molar-refractivity contribution is 6.20. The Bertz CT molecular complexity index is 187. The molecule has 0 heterocycles. The van der Waals surface area contributed by atoms with Crippen molar-refractivity contribution in [3.63, 3.8) is 0 Å². The van der Waals surface area contributed by atoms with Crippen LogP contribution in [0, 0.1) is 11.8 Å². The van der Waals surface area contributed by atoms with E-state index in [4.69, 9.17) is 32.7 Å². The highest BCUT2D eigenvalue weighted by atomic mass is 35.5. The first kappa shape index (κ1) is 15.9. The second-order valence-electron chi connectivity index (χ2n) is 4.56. The Morgan fingerprint density at radius 3 is 1.50 bits per heavy atom. The first-order chi connectivity index (χ1) is 7.31. The molecule has 5 heteroatoms. The fourth-order valence-corrected chi connectivity index (χ4v) is 1.93. The first-order valence-corrected chi connectivity index (χ1v) is 6.34. The maximum Gasteiger partial charge on any atom is 0.511 e. The molecule has 2 unspecified atom stereocenters. The van der Waals surface area contributed by atoms with Crippen LogP contribution in [0.5, 0.6) is 0 Å². The van der Waals surface area contributed by atoms with Gasteiger partial charge in [-0.15, -0.1) is 0 Å². The van der Waals surface area contributed by atoms with Gasteiger partial charge in [-0.2, -0.15) is 0 Å². The lowest BCUT2D eigenvalue weighted by atomic mass is 10.1. The van der Waals surface area contributed by atoms with Crippen molar-refractivity contribution in [1.29, 1.82) is 0 Å². The molecule has 0 aromatic heterocycles. The van der Waals surface area contributed by atoms with Crippen LogP contribution >= 0.6 is 23.2 Å². The minimum absolute atomic E-state index is 0.359. The molecule has 2 atom stereocenters. The van der Waals surface area contributed by atoms with Gasteiger partial charge in [-0.3, -0.25) is 0 Å². The zero-order valence-electron chi connectivity index (χ0n) is 10.2. The van der Waals surface area contributed by atoms with Gasteiger partial charge in [-0.1, -0.05) is 50.9 Å². The third kappa shape index (κ3) is 9.10. The fourth-order valence-electron chi connectivity index (χ4n) is 1.07. The van der Waals surface area contributed by atoms with E-state index in [0.29, 0.717) is 24.7 Å². The summed E-state index contributed by atoms with van der Waals surface area (Å²) in [6.07, 6.45) is 0.378. The monoisotopic (exact) mass is 270 g/mol. The highest BCUT2D eigenvalue weighted by Crippen LogP contribution is 2.16. The molecule has 0 amide bonds. The van der Waals surface area contributed by atoms with Gasteiger partial charge in [0.25, 0.3) is 0 Å². The van der Waals surface area contributed by atoms with Crippen molar-refractivity contribution in [1.82, 2.24) is 0 Å². The van der Waals surface area contributed by atoms with Crippen molar-refractivity contribution < 1.29 is 14.3 Å². The minimum Gasteiger partial charge on any atom is -0.415 e. The molecule has 0 aliphatic heterocycles. The Morgan fingerprint density at radius 1 is 0.938 bits per heavy atom. The normalized spacial score (nSPS) is 15.0. The average molecular weight is 271 g/mol. The molecule has 0 radical (unpaired) electrons. The van der Waals surface area contributed by atoms with Crippen molar-refractivity contribution in [2.45, 2.75) is 51.7 Å². The highest BCUT2D eigenvalue weighted by Gasteiger charge is 2.18. The summed E-state index contributed by atoms with van der Waals surface area (Å²) >= 11 is 11.6. The molecule has 0 aliphatic carbocycles. The molecule has 0 saturated heterocycles. The topological polar surface area (TPSA) is 35.5 Å². The number of carbonyl (C=O) groups excluding carboxylic acids is 1. The van der Waals surface area contributed by atoms with E-state index in [9.17, 15) is 4.79 Å². The van der Waals surface area contributed by atoms with E-state index in [1.165, 1.54) is 0 Å². The zero-order chi connectivity index (χ0) is 12.7. The van der Waals surface area contributed by atoms with Crippen LogP contribution in [-0.4, -0.2) is 17.3 Å². The largest absolute Gasteiger partial charge is 0.511 e. The lowest BCUT2D eigenvalue weighted by Gasteiger charge is -2.16. The summed E-state index contributed by atoms with van der Waals surface area (Å²) in [5.41, 5.74) is -1.31. The maximum atomic E-state index is 11.2. The molecule has 0 aromatic rings. The summed E-state index contributed by atoms with van der Waals surface area (Å²) in [5, 5.41) is 0. The maximum absolute atomic E-state index is 11.2.